The van der Waals surface area contributed by atoms with E-state index in [1.807, 2.05) is 38.1 Å². The van der Waals surface area contributed by atoms with Gasteiger partial charge < -0.3 is 10.5 Å². The van der Waals surface area contributed by atoms with Gasteiger partial charge in [-0.05, 0) is 50.6 Å². The van der Waals surface area contributed by atoms with Crippen LogP contribution >= 0.6 is 0 Å². The second kappa shape index (κ2) is 7.07. The van der Waals surface area contributed by atoms with Crippen molar-refractivity contribution in [2.24, 2.45) is 11.7 Å². The highest BCUT2D eigenvalue weighted by Gasteiger charge is 2.14. The molecule has 3 heteroatoms. The molecule has 2 N–H and O–H groups in total. The van der Waals surface area contributed by atoms with Crippen LogP contribution < -0.4 is 10.5 Å². The fraction of sp³-hybridized carbons (Fsp3) is 0.500. The molecule has 0 saturated carbocycles. The summed E-state index contributed by atoms with van der Waals surface area (Å²) in [6, 6.07) is 7.33. The standard InChI is InChI=1S/C14H21NO2/c1-3-17-13-8-6-12(7-9-13)14(16)11(2)5-4-10-15/h6-9,11H,3-5,10,15H2,1-2H3. The third-order valence-electron chi connectivity index (χ3n) is 2.74. The Morgan fingerprint density at radius 3 is 2.53 bits per heavy atom. The van der Waals surface area contributed by atoms with Crippen molar-refractivity contribution in [1.82, 2.24) is 0 Å². The maximum Gasteiger partial charge on any atom is 0.165 e. The Morgan fingerprint density at radius 2 is 2.00 bits per heavy atom. The van der Waals surface area contributed by atoms with Crippen molar-refractivity contribution >= 4 is 5.78 Å². The Balaban J connectivity index is 2.62. The molecule has 0 radical (unpaired) electrons. The van der Waals surface area contributed by atoms with Crippen LogP contribution in [0.5, 0.6) is 5.75 Å². The molecule has 1 atom stereocenters. The average molecular weight is 235 g/mol. The normalized spacial score (nSPS) is 12.2. The number of carbonyl (C=O) groups excluding carboxylic acids is 1. The average Bonchev–Trinajstić information content (AvgIpc) is 2.36. The number of hydrogen-bond acceptors (Lipinski definition) is 3. The highest BCUT2D eigenvalue weighted by atomic mass is 16.5. The van der Waals surface area contributed by atoms with Gasteiger partial charge in [0.25, 0.3) is 0 Å². The van der Waals surface area contributed by atoms with Gasteiger partial charge in [0, 0.05) is 11.5 Å². The summed E-state index contributed by atoms with van der Waals surface area (Å²) < 4.78 is 5.34. The molecule has 0 bridgehead atoms. The van der Waals surface area contributed by atoms with E-state index in [9.17, 15) is 4.79 Å². The summed E-state index contributed by atoms with van der Waals surface area (Å²) >= 11 is 0. The van der Waals surface area contributed by atoms with Gasteiger partial charge in [-0.25, -0.2) is 0 Å². The van der Waals surface area contributed by atoms with Crippen molar-refractivity contribution < 1.29 is 9.53 Å². The third-order valence-corrected chi connectivity index (χ3v) is 2.74. The fourth-order valence-corrected chi connectivity index (χ4v) is 1.72. The molecule has 0 aliphatic rings. The van der Waals surface area contributed by atoms with E-state index in [2.05, 4.69) is 0 Å². The number of ketones is 1. The molecule has 1 aromatic carbocycles. The van der Waals surface area contributed by atoms with E-state index in [1.54, 1.807) is 0 Å². The van der Waals surface area contributed by atoms with Crippen LogP contribution in [-0.4, -0.2) is 18.9 Å². The lowest BCUT2D eigenvalue weighted by molar-refractivity contribution is 0.0923. The van der Waals surface area contributed by atoms with Crippen LogP contribution in [0.4, 0.5) is 0 Å². The molecule has 0 fully saturated rings. The number of ether oxygens (including phenoxy) is 1. The highest BCUT2D eigenvalue weighted by molar-refractivity contribution is 5.97. The summed E-state index contributed by atoms with van der Waals surface area (Å²) in [5.74, 6) is 1.02. The molecule has 17 heavy (non-hydrogen) atoms. The molecule has 0 aliphatic carbocycles. The van der Waals surface area contributed by atoms with Gasteiger partial charge in [-0.15, -0.1) is 0 Å². The molecule has 0 aromatic heterocycles. The molecule has 0 amide bonds. The number of nitrogens with two attached hydrogens (primary N) is 1. The van der Waals surface area contributed by atoms with Crippen LogP contribution in [0.25, 0.3) is 0 Å². The molecule has 1 rings (SSSR count). The van der Waals surface area contributed by atoms with Gasteiger partial charge in [0.15, 0.2) is 5.78 Å². The zero-order valence-electron chi connectivity index (χ0n) is 10.6. The Labute approximate surface area is 103 Å². The van der Waals surface area contributed by atoms with Crippen LogP contribution in [0.15, 0.2) is 24.3 Å². The SMILES string of the molecule is CCOc1ccc(C(=O)C(C)CCCN)cc1. The lowest BCUT2D eigenvalue weighted by atomic mass is 9.95. The lowest BCUT2D eigenvalue weighted by Gasteiger charge is -2.10. The van der Waals surface area contributed by atoms with Gasteiger partial charge in [0.2, 0.25) is 0 Å². The van der Waals surface area contributed by atoms with Crippen LogP contribution in [0, 0.1) is 5.92 Å². The molecule has 0 aliphatic heterocycles. The van der Waals surface area contributed by atoms with Gasteiger partial charge in [0.05, 0.1) is 6.61 Å². The summed E-state index contributed by atoms with van der Waals surface area (Å²) in [5, 5.41) is 0. The van der Waals surface area contributed by atoms with E-state index >= 15 is 0 Å². The summed E-state index contributed by atoms with van der Waals surface area (Å²) in [6.07, 6.45) is 1.74. The largest absolute Gasteiger partial charge is 0.494 e. The Morgan fingerprint density at radius 1 is 1.35 bits per heavy atom. The molecule has 0 heterocycles. The molecule has 0 saturated heterocycles. The number of rotatable bonds is 7. The van der Waals surface area contributed by atoms with Gasteiger partial charge in [-0.1, -0.05) is 6.92 Å². The molecular weight excluding hydrogens is 214 g/mol. The van der Waals surface area contributed by atoms with E-state index in [0.29, 0.717) is 13.2 Å². The first-order chi connectivity index (χ1) is 8.19. The molecule has 0 spiro atoms. The first-order valence-corrected chi connectivity index (χ1v) is 6.16. The number of benzene rings is 1. The topological polar surface area (TPSA) is 52.3 Å². The smallest absolute Gasteiger partial charge is 0.165 e. The minimum Gasteiger partial charge on any atom is -0.494 e. The predicted octanol–water partition coefficient (Wildman–Crippen LogP) is 2.64. The summed E-state index contributed by atoms with van der Waals surface area (Å²) in [5.41, 5.74) is 6.19. The van der Waals surface area contributed by atoms with Gasteiger partial charge >= 0.3 is 0 Å². The van der Waals surface area contributed by atoms with Gasteiger partial charge in [0.1, 0.15) is 5.75 Å². The molecule has 1 aromatic rings. The Kier molecular flexibility index (Phi) is 5.70. The predicted molar refractivity (Wildman–Crippen MR) is 69.4 cm³/mol. The zero-order chi connectivity index (χ0) is 12.7. The Hall–Kier alpha value is -1.35. The van der Waals surface area contributed by atoms with Crippen molar-refractivity contribution in [3.05, 3.63) is 29.8 Å². The van der Waals surface area contributed by atoms with Gasteiger partial charge in [-0.2, -0.15) is 0 Å². The maximum atomic E-state index is 12.0. The van der Waals surface area contributed by atoms with E-state index in [1.165, 1.54) is 0 Å². The minimum absolute atomic E-state index is 0.0384. The summed E-state index contributed by atoms with van der Waals surface area (Å²) in [6.45, 7) is 5.17. The van der Waals surface area contributed by atoms with Crippen LogP contribution in [0.2, 0.25) is 0 Å². The van der Waals surface area contributed by atoms with Gasteiger partial charge in [-0.3, -0.25) is 4.79 Å². The molecular formula is C14H21NO2. The summed E-state index contributed by atoms with van der Waals surface area (Å²) in [4.78, 5) is 12.0. The van der Waals surface area contributed by atoms with Crippen LogP contribution in [-0.2, 0) is 0 Å². The third kappa shape index (κ3) is 4.19. The lowest BCUT2D eigenvalue weighted by Crippen LogP contribution is -2.13. The van der Waals surface area contributed by atoms with E-state index in [0.717, 1.165) is 24.2 Å². The second-order valence-electron chi connectivity index (χ2n) is 4.15. The van der Waals surface area contributed by atoms with Crippen LogP contribution in [0.1, 0.15) is 37.0 Å². The minimum atomic E-state index is 0.0384. The van der Waals surface area contributed by atoms with E-state index < -0.39 is 0 Å². The van der Waals surface area contributed by atoms with Crippen molar-refractivity contribution in [3.8, 4) is 5.75 Å². The second-order valence-corrected chi connectivity index (χ2v) is 4.15. The van der Waals surface area contributed by atoms with Crippen molar-refractivity contribution in [2.75, 3.05) is 13.2 Å². The fourth-order valence-electron chi connectivity index (χ4n) is 1.72. The first kappa shape index (κ1) is 13.7. The van der Waals surface area contributed by atoms with Crippen molar-refractivity contribution in [2.45, 2.75) is 26.7 Å². The van der Waals surface area contributed by atoms with Crippen molar-refractivity contribution in [1.29, 1.82) is 0 Å². The summed E-state index contributed by atoms with van der Waals surface area (Å²) in [7, 11) is 0. The number of Topliss-reactive ketones (excluding diaryl/α,β-unsaturated/α-hetero) is 1. The number of carbonyl (C=O) groups is 1. The van der Waals surface area contributed by atoms with E-state index in [4.69, 9.17) is 10.5 Å². The molecule has 1 unspecified atom stereocenters. The van der Waals surface area contributed by atoms with Crippen LogP contribution in [0.3, 0.4) is 0 Å². The zero-order valence-corrected chi connectivity index (χ0v) is 10.6. The first-order valence-electron chi connectivity index (χ1n) is 6.16. The number of hydrogen-bond donors (Lipinski definition) is 1. The monoisotopic (exact) mass is 235 g/mol. The molecule has 3 nitrogen and oxygen atoms in total. The Bertz CT molecular complexity index is 346. The molecule has 94 valence electrons. The van der Waals surface area contributed by atoms with Crippen molar-refractivity contribution in [3.63, 3.8) is 0 Å². The quantitative estimate of drug-likeness (QED) is 0.739. The maximum absolute atomic E-state index is 12.0. The highest BCUT2D eigenvalue weighted by Crippen LogP contribution is 2.17. The van der Waals surface area contributed by atoms with E-state index in [-0.39, 0.29) is 11.7 Å².